The van der Waals surface area contributed by atoms with Gasteiger partial charge in [0.05, 0.1) is 11.2 Å². The number of carbonyl (C=O) groups excluding carboxylic acids is 1. The van der Waals surface area contributed by atoms with Gasteiger partial charge in [-0.1, -0.05) is 22.9 Å². The number of aromatic hydroxyl groups is 1. The molecule has 1 aromatic carbocycles. The van der Waals surface area contributed by atoms with E-state index in [1.54, 1.807) is 18.2 Å². The number of halogens is 1. The second kappa shape index (κ2) is 5.28. The smallest absolute Gasteiger partial charge is 0.244 e. The predicted molar refractivity (Wildman–Crippen MR) is 74.7 cm³/mol. The molecule has 1 heterocycles. The fraction of sp³-hybridized carbons (Fsp3) is 0.462. The molecular weight excluding hydrogens is 296 g/mol. The summed E-state index contributed by atoms with van der Waals surface area (Å²) in [6.07, 6.45) is 2.59. The normalized spacial score (nSPS) is 23.0. The van der Waals surface area contributed by atoms with Gasteiger partial charge in [0.2, 0.25) is 5.91 Å². The van der Waals surface area contributed by atoms with Crippen LogP contribution in [0.15, 0.2) is 22.7 Å². The maximum atomic E-state index is 12.3. The summed E-state index contributed by atoms with van der Waals surface area (Å²) in [6.45, 7) is 2.87. The first-order chi connectivity index (χ1) is 8.57. The minimum absolute atomic E-state index is 0.0732. The number of rotatable bonds is 3. The minimum Gasteiger partial charge on any atom is -0.506 e. The maximum Gasteiger partial charge on any atom is 0.244 e. The van der Waals surface area contributed by atoms with Gasteiger partial charge in [0.25, 0.3) is 0 Å². The highest BCUT2D eigenvalue weighted by molar-refractivity contribution is 9.10. The van der Waals surface area contributed by atoms with Crippen molar-refractivity contribution in [2.75, 3.05) is 11.9 Å². The standard InChI is InChI=1S/C13H17BrN2O2/c1-2-13(6-3-7-15-13)12(18)16-10-8-9(14)4-5-11(10)17/h4-5,8,15,17H,2-3,6-7H2,1H3,(H,16,18). The van der Waals surface area contributed by atoms with Crippen LogP contribution in [0.25, 0.3) is 0 Å². The van der Waals surface area contributed by atoms with Crippen LogP contribution in [0.4, 0.5) is 5.69 Å². The molecule has 0 aliphatic carbocycles. The maximum absolute atomic E-state index is 12.3. The van der Waals surface area contributed by atoms with Crippen LogP contribution in [0.2, 0.25) is 0 Å². The second-order valence-corrected chi connectivity index (χ2v) is 5.50. The van der Waals surface area contributed by atoms with Crippen LogP contribution >= 0.6 is 15.9 Å². The van der Waals surface area contributed by atoms with Crippen LogP contribution in [0.5, 0.6) is 5.75 Å². The van der Waals surface area contributed by atoms with E-state index >= 15 is 0 Å². The van der Waals surface area contributed by atoms with E-state index in [9.17, 15) is 9.90 Å². The third-order valence-electron chi connectivity index (χ3n) is 3.49. The SMILES string of the molecule is CCC1(C(=O)Nc2cc(Br)ccc2O)CCCN1. The zero-order valence-electron chi connectivity index (χ0n) is 10.3. The summed E-state index contributed by atoms with van der Waals surface area (Å²) < 4.78 is 0.820. The lowest BCUT2D eigenvalue weighted by atomic mass is 9.93. The van der Waals surface area contributed by atoms with Gasteiger partial charge in [0.15, 0.2) is 0 Å². The third-order valence-corrected chi connectivity index (χ3v) is 3.98. The third kappa shape index (κ3) is 2.52. The van der Waals surface area contributed by atoms with Crippen LogP contribution in [-0.4, -0.2) is 23.1 Å². The van der Waals surface area contributed by atoms with Crippen molar-refractivity contribution in [2.24, 2.45) is 0 Å². The van der Waals surface area contributed by atoms with Gasteiger partial charge in [0, 0.05) is 4.47 Å². The van der Waals surface area contributed by atoms with Crippen LogP contribution in [0.3, 0.4) is 0 Å². The summed E-state index contributed by atoms with van der Waals surface area (Å²) in [5.41, 5.74) is -0.0507. The molecule has 0 spiro atoms. The van der Waals surface area contributed by atoms with Crippen molar-refractivity contribution in [3.8, 4) is 5.75 Å². The average molecular weight is 313 g/mol. The van der Waals surface area contributed by atoms with E-state index in [0.29, 0.717) is 5.69 Å². The Bertz CT molecular complexity index is 456. The Morgan fingerprint density at radius 2 is 2.39 bits per heavy atom. The molecular formula is C13H17BrN2O2. The number of amides is 1. The molecule has 1 unspecified atom stereocenters. The Morgan fingerprint density at radius 1 is 1.61 bits per heavy atom. The molecule has 3 N–H and O–H groups in total. The average Bonchev–Trinajstić information content (AvgIpc) is 2.84. The molecule has 1 amide bonds. The van der Waals surface area contributed by atoms with E-state index < -0.39 is 5.54 Å². The summed E-state index contributed by atoms with van der Waals surface area (Å²) in [6, 6.07) is 4.99. The highest BCUT2D eigenvalue weighted by Crippen LogP contribution is 2.30. The van der Waals surface area contributed by atoms with Crippen LogP contribution < -0.4 is 10.6 Å². The van der Waals surface area contributed by atoms with E-state index in [1.165, 1.54) is 0 Å². The largest absolute Gasteiger partial charge is 0.506 e. The molecule has 1 aromatic rings. The van der Waals surface area contributed by atoms with Gasteiger partial charge in [-0.3, -0.25) is 4.79 Å². The zero-order chi connectivity index (χ0) is 13.2. The molecule has 2 rings (SSSR count). The molecule has 0 aromatic heterocycles. The van der Waals surface area contributed by atoms with Crippen molar-refractivity contribution in [1.82, 2.24) is 5.32 Å². The van der Waals surface area contributed by atoms with Gasteiger partial charge >= 0.3 is 0 Å². The molecule has 1 saturated heterocycles. The highest BCUT2D eigenvalue weighted by Gasteiger charge is 2.39. The number of phenolic OH excluding ortho intramolecular Hbond substituents is 1. The first-order valence-electron chi connectivity index (χ1n) is 6.12. The predicted octanol–water partition coefficient (Wildman–Crippen LogP) is 2.63. The first-order valence-corrected chi connectivity index (χ1v) is 6.92. The van der Waals surface area contributed by atoms with Gasteiger partial charge in [0.1, 0.15) is 5.75 Å². The topological polar surface area (TPSA) is 61.4 Å². The van der Waals surface area contributed by atoms with Crippen molar-refractivity contribution in [3.63, 3.8) is 0 Å². The minimum atomic E-state index is -0.491. The summed E-state index contributed by atoms with van der Waals surface area (Å²) in [7, 11) is 0. The Labute approximate surface area is 115 Å². The molecule has 98 valence electrons. The van der Waals surface area contributed by atoms with E-state index in [1.807, 2.05) is 6.92 Å². The van der Waals surface area contributed by atoms with Gasteiger partial charge in [-0.2, -0.15) is 0 Å². The molecule has 1 aliphatic rings. The summed E-state index contributed by atoms with van der Waals surface area (Å²) in [5.74, 6) is 0.00620. The van der Waals surface area contributed by atoms with Crippen LogP contribution in [0.1, 0.15) is 26.2 Å². The lowest BCUT2D eigenvalue weighted by Crippen LogP contribution is -2.50. The first kappa shape index (κ1) is 13.4. The number of nitrogens with one attached hydrogen (secondary N) is 2. The van der Waals surface area contributed by atoms with Crippen LogP contribution in [-0.2, 0) is 4.79 Å². The van der Waals surface area contributed by atoms with Crippen molar-refractivity contribution < 1.29 is 9.90 Å². The lowest BCUT2D eigenvalue weighted by Gasteiger charge is -2.26. The zero-order valence-corrected chi connectivity index (χ0v) is 11.9. The Kier molecular flexibility index (Phi) is 3.92. The van der Waals surface area contributed by atoms with Crippen molar-refractivity contribution in [3.05, 3.63) is 22.7 Å². The Morgan fingerprint density at radius 3 is 3.00 bits per heavy atom. The Balaban J connectivity index is 2.18. The van der Waals surface area contributed by atoms with E-state index in [4.69, 9.17) is 0 Å². The summed E-state index contributed by atoms with van der Waals surface area (Å²) >= 11 is 3.32. The van der Waals surface area contributed by atoms with E-state index in [2.05, 4.69) is 26.6 Å². The van der Waals surface area contributed by atoms with Crippen molar-refractivity contribution in [1.29, 1.82) is 0 Å². The van der Waals surface area contributed by atoms with E-state index in [0.717, 1.165) is 30.3 Å². The molecule has 1 aliphatic heterocycles. The Hall–Kier alpha value is -1.07. The second-order valence-electron chi connectivity index (χ2n) is 4.58. The molecule has 4 nitrogen and oxygen atoms in total. The van der Waals surface area contributed by atoms with Gasteiger partial charge < -0.3 is 15.7 Å². The number of anilines is 1. The lowest BCUT2D eigenvalue weighted by molar-refractivity contribution is -0.122. The molecule has 1 atom stereocenters. The number of hydrogen-bond acceptors (Lipinski definition) is 3. The quantitative estimate of drug-likeness (QED) is 0.752. The monoisotopic (exact) mass is 312 g/mol. The van der Waals surface area contributed by atoms with Gasteiger partial charge in [-0.05, 0) is 44.0 Å². The molecule has 0 radical (unpaired) electrons. The number of carbonyl (C=O) groups is 1. The summed E-state index contributed by atoms with van der Waals surface area (Å²) in [4.78, 5) is 12.3. The van der Waals surface area contributed by atoms with Crippen molar-refractivity contribution >= 4 is 27.5 Å². The molecule has 5 heteroatoms. The fourth-order valence-electron chi connectivity index (χ4n) is 2.31. The molecule has 1 fully saturated rings. The molecule has 0 saturated carbocycles. The van der Waals surface area contributed by atoms with Gasteiger partial charge in [-0.15, -0.1) is 0 Å². The summed E-state index contributed by atoms with van der Waals surface area (Å²) in [5, 5.41) is 15.8. The fourth-order valence-corrected chi connectivity index (χ4v) is 2.67. The number of phenols is 1. The molecule has 18 heavy (non-hydrogen) atoms. The van der Waals surface area contributed by atoms with E-state index in [-0.39, 0.29) is 11.7 Å². The highest BCUT2D eigenvalue weighted by atomic mass is 79.9. The molecule has 0 bridgehead atoms. The van der Waals surface area contributed by atoms with Gasteiger partial charge in [-0.25, -0.2) is 0 Å². The van der Waals surface area contributed by atoms with Crippen LogP contribution in [0, 0.1) is 0 Å². The number of hydrogen-bond donors (Lipinski definition) is 3. The van der Waals surface area contributed by atoms with Crippen molar-refractivity contribution in [2.45, 2.75) is 31.7 Å². The number of benzene rings is 1.